The van der Waals surface area contributed by atoms with Gasteiger partial charge in [-0.15, -0.1) is 0 Å². The maximum absolute atomic E-state index is 8.89. The van der Waals surface area contributed by atoms with Gasteiger partial charge in [-0.05, 0) is 61.6 Å². The number of nitrogens with zero attached hydrogens (tertiary/aromatic N) is 1. The smallest absolute Gasteiger partial charge is 0.427 e. The molecule has 1 unspecified atom stereocenters. The summed E-state index contributed by atoms with van der Waals surface area (Å²) in [6, 6.07) is 8.87. The number of aromatic nitrogens is 1. The summed E-state index contributed by atoms with van der Waals surface area (Å²) < 4.78 is 0. The number of para-hydroxylation sites is 1. The molecule has 8 heteroatoms. The van der Waals surface area contributed by atoms with Gasteiger partial charge in [-0.1, -0.05) is 31.0 Å². The molecule has 1 aromatic heterocycles. The number of nitrogens with two attached hydrogens (primary N) is 1. The van der Waals surface area contributed by atoms with E-state index in [1.54, 1.807) is 0 Å². The van der Waals surface area contributed by atoms with E-state index in [0.29, 0.717) is 12.2 Å². The molecule has 0 radical (unpaired) electrons. The standard InChI is InChI=1S/C19H30BN3O2.CO2/c21-18(6-1-2-10-20(24)25)15-8-12-23(13-9-15)14-17-5-3-4-16-7-11-22-19(16)17;2-1-3/h3-5,7,11,15,18,22,24-25H,1-2,6,8-10,12-14,21H2;. The molecule has 7 nitrogen and oxygen atoms in total. The molecule has 2 aromatic rings. The van der Waals surface area contributed by atoms with Crippen LogP contribution in [0.1, 0.15) is 37.7 Å². The van der Waals surface area contributed by atoms with Gasteiger partial charge in [0.1, 0.15) is 0 Å². The molecule has 1 atom stereocenters. The fourth-order valence-electron chi connectivity index (χ4n) is 4.00. The lowest BCUT2D eigenvalue weighted by Crippen LogP contribution is -2.40. The van der Waals surface area contributed by atoms with E-state index in [1.807, 2.05) is 6.20 Å². The minimum Gasteiger partial charge on any atom is -0.427 e. The highest BCUT2D eigenvalue weighted by atomic mass is 16.4. The van der Waals surface area contributed by atoms with Crippen molar-refractivity contribution >= 4 is 24.2 Å². The molecule has 0 bridgehead atoms. The summed E-state index contributed by atoms with van der Waals surface area (Å²) in [6.07, 6.45) is 7.83. The van der Waals surface area contributed by atoms with Crippen molar-refractivity contribution < 1.29 is 19.6 Å². The average Bonchev–Trinajstić information content (AvgIpc) is 3.16. The Balaban J connectivity index is 0.000000878. The van der Waals surface area contributed by atoms with Crippen LogP contribution in [0.2, 0.25) is 6.32 Å². The topological polar surface area (TPSA) is 120 Å². The largest absolute Gasteiger partial charge is 0.451 e. The van der Waals surface area contributed by atoms with E-state index < -0.39 is 7.12 Å². The molecule has 2 heterocycles. The molecule has 0 aliphatic carbocycles. The number of carbonyl (C=O) groups excluding carboxylic acids is 2. The second-order valence-corrected chi connectivity index (χ2v) is 7.48. The van der Waals surface area contributed by atoms with Gasteiger partial charge in [-0.2, -0.15) is 9.59 Å². The van der Waals surface area contributed by atoms with Crippen LogP contribution in [0.25, 0.3) is 10.9 Å². The first-order valence-electron chi connectivity index (χ1n) is 9.93. The van der Waals surface area contributed by atoms with Crippen LogP contribution >= 0.6 is 0 Å². The number of fused-ring (bicyclic) bond motifs is 1. The molecular formula is C20H30BN3O4. The summed E-state index contributed by atoms with van der Waals surface area (Å²) >= 11 is 0. The first-order valence-corrected chi connectivity index (χ1v) is 9.93. The Morgan fingerprint density at radius 1 is 1.21 bits per heavy atom. The zero-order valence-corrected chi connectivity index (χ0v) is 16.2. The van der Waals surface area contributed by atoms with Gasteiger partial charge in [0.05, 0.1) is 0 Å². The second kappa shape index (κ2) is 11.8. The molecule has 0 amide bonds. The fraction of sp³-hybridized carbons (Fsp3) is 0.550. The number of rotatable bonds is 8. The van der Waals surface area contributed by atoms with Crippen molar-refractivity contribution in [2.45, 2.75) is 51.0 Å². The van der Waals surface area contributed by atoms with Crippen molar-refractivity contribution in [2.24, 2.45) is 11.7 Å². The average molecular weight is 387 g/mol. The lowest BCUT2D eigenvalue weighted by atomic mass is 9.82. The van der Waals surface area contributed by atoms with Gasteiger partial charge < -0.3 is 20.8 Å². The number of nitrogens with one attached hydrogen (secondary N) is 1. The van der Waals surface area contributed by atoms with Gasteiger partial charge in [0, 0.05) is 24.3 Å². The van der Waals surface area contributed by atoms with E-state index in [2.05, 4.69) is 34.1 Å². The quantitative estimate of drug-likeness (QED) is 0.405. The Labute approximate surface area is 166 Å². The summed E-state index contributed by atoms with van der Waals surface area (Å²) in [5.41, 5.74) is 9.00. The first kappa shape index (κ1) is 22.3. The Bertz CT molecular complexity index is 738. The predicted molar refractivity (Wildman–Crippen MR) is 108 cm³/mol. The monoisotopic (exact) mass is 387 g/mol. The van der Waals surface area contributed by atoms with Crippen molar-refractivity contribution in [1.82, 2.24) is 9.88 Å². The van der Waals surface area contributed by atoms with E-state index in [1.165, 1.54) is 16.5 Å². The van der Waals surface area contributed by atoms with Crippen LogP contribution in [0.4, 0.5) is 0 Å². The van der Waals surface area contributed by atoms with Gasteiger partial charge in [0.25, 0.3) is 0 Å². The van der Waals surface area contributed by atoms with Crippen molar-refractivity contribution in [1.29, 1.82) is 0 Å². The van der Waals surface area contributed by atoms with Crippen LogP contribution in [-0.2, 0) is 16.1 Å². The summed E-state index contributed by atoms with van der Waals surface area (Å²) in [6.45, 7) is 3.20. The Morgan fingerprint density at radius 2 is 1.93 bits per heavy atom. The number of hydrogen-bond donors (Lipinski definition) is 4. The van der Waals surface area contributed by atoms with Crippen molar-refractivity contribution in [3.8, 4) is 0 Å². The molecule has 1 aliphatic rings. The molecule has 28 heavy (non-hydrogen) atoms. The number of piperidine rings is 1. The van der Waals surface area contributed by atoms with Gasteiger partial charge in [0.2, 0.25) is 0 Å². The molecule has 1 saturated heterocycles. The third kappa shape index (κ3) is 6.89. The van der Waals surface area contributed by atoms with E-state index in [4.69, 9.17) is 25.4 Å². The minimum absolute atomic E-state index is 0.241. The van der Waals surface area contributed by atoms with E-state index in [9.17, 15) is 0 Å². The van der Waals surface area contributed by atoms with Gasteiger partial charge in [-0.25, -0.2) is 0 Å². The minimum atomic E-state index is -1.18. The molecule has 3 rings (SSSR count). The Hall–Kier alpha value is -1.96. The predicted octanol–water partition coefficient (Wildman–Crippen LogP) is 1.77. The Kier molecular flexibility index (Phi) is 9.40. The molecule has 1 aliphatic heterocycles. The third-order valence-electron chi connectivity index (χ3n) is 5.56. The number of aromatic amines is 1. The lowest BCUT2D eigenvalue weighted by Gasteiger charge is -2.35. The zero-order valence-electron chi connectivity index (χ0n) is 16.2. The first-order chi connectivity index (χ1) is 13.5. The van der Waals surface area contributed by atoms with E-state index in [0.717, 1.165) is 51.7 Å². The van der Waals surface area contributed by atoms with Crippen LogP contribution in [0.3, 0.4) is 0 Å². The van der Waals surface area contributed by atoms with E-state index >= 15 is 0 Å². The van der Waals surface area contributed by atoms with Gasteiger partial charge in [-0.3, -0.25) is 4.90 Å². The molecule has 1 fully saturated rings. The Morgan fingerprint density at radius 3 is 2.61 bits per heavy atom. The highest BCUT2D eigenvalue weighted by molar-refractivity contribution is 6.40. The normalized spacial score (nSPS) is 16.2. The molecule has 0 saturated carbocycles. The third-order valence-corrected chi connectivity index (χ3v) is 5.56. The summed E-state index contributed by atoms with van der Waals surface area (Å²) in [5, 5.41) is 19.1. The summed E-state index contributed by atoms with van der Waals surface area (Å²) in [4.78, 5) is 22.1. The molecule has 0 spiro atoms. The fourth-order valence-corrected chi connectivity index (χ4v) is 4.00. The van der Waals surface area contributed by atoms with Crippen molar-refractivity contribution in [2.75, 3.05) is 13.1 Å². The maximum Gasteiger partial charge on any atom is 0.451 e. The van der Waals surface area contributed by atoms with Crippen LogP contribution < -0.4 is 5.73 Å². The van der Waals surface area contributed by atoms with Gasteiger partial charge in [0.15, 0.2) is 0 Å². The molecule has 152 valence electrons. The zero-order chi connectivity index (χ0) is 20.4. The highest BCUT2D eigenvalue weighted by Crippen LogP contribution is 2.25. The number of H-pyrrole nitrogens is 1. The van der Waals surface area contributed by atoms with Crippen LogP contribution in [0.15, 0.2) is 30.5 Å². The molecule has 5 N–H and O–H groups in total. The lowest BCUT2D eigenvalue weighted by molar-refractivity contribution is -0.191. The summed E-state index contributed by atoms with van der Waals surface area (Å²) in [7, 11) is -1.18. The molecular weight excluding hydrogens is 357 g/mol. The van der Waals surface area contributed by atoms with Crippen LogP contribution in [0.5, 0.6) is 0 Å². The maximum atomic E-state index is 8.89. The second-order valence-electron chi connectivity index (χ2n) is 7.48. The van der Waals surface area contributed by atoms with Crippen molar-refractivity contribution in [3.63, 3.8) is 0 Å². The van der Waals surface area contributed by atoms with Crippen LogP contribution in [0, 0.1) is 5.92 Å². The number of unbranched alkanes of at least 4 members (excludes halogenated alkanes) is 1. The number of hydrogen-bond acceptors (Lipinski definition) is 6. The SMILES string of the molecule is NC(CCCCB(O)O)C1CCN(Cc2cccc3cc[nH]c23)CC1.O=C=O. The van der Waals surface area contributed by atoms with Crippen molar-refractivity contribution in [3.05, 3.63) is 36.0 Å². The van der Waals surface area contributed by atoms with Gasteiger partial charge >= 0.3 is 13.3 Å². The summed E-state index contributed by atoms with van der Waals surface area (Å²) in [5.74, 6) is 0.594. The molecule has 1 aromatic carbocycles. The number of benzene rings is 1. The number of likely N-dealkylation sites (tertiary alicyclic amines) is 1. The highest BCUT2D eigenvalue weighted by Gasteiger charge is 2.24. The van der Waals surface area contributed by atoms with Crippen LogP contribution in [-0.4, -0.2) is 52.3 Å². The van der Waals surface area contributed by atoms with E-state index in [-0.39, 0.29) is 12.2 Å².